The lowest BCUT2D eigenvalue weighted by molar-refractivity contribution is -0.257. The van der Waals surface area contributed by atoms with Crippen molar-refractivity contribution in [1.29, 1.82) is 0 Å². The molecule has 34 heavy (non-hydrogen) atoms. The van der Waals surface area contributed by atoms with E-state index in [1.807, 2.05) is 0 Å². The quantitative estimate of drug-likeness (QED) is 0.358. The van der Waals surface area contributed by atoms with Crippen LogP contribution in [0.25, 0.3) is 0 Å². The summed E-state index contributed by atoms with van der Waals surface area (Å²) in [6.07, 6.45) is 13.7. The molecule has 194 valence electrons. The van der Waals surface area contributed by atoms with Crippen molar-refractivity contribution in [2.75, 3.05) is 0 Å². The Labute approximate surface area is 210 Å². The average molecular weight is 471 g/mol. The van der Waals surface area contributed by atoms with Gasteiger partial charge in [-0.05, 0) is 121 Å². The van der Waals surface area contributed by atoms with Gasteiger partial charge >= 0.3 is 5.97 Å². The fraction of sp³-hybridized carbons (Fsp3) is 0.969. The molecule has 0 aromatic heterocycles. The van der Waals surface area contributed by atoms with Gasteiger partial charge in [0.05, 0.1) is 0 Å². The number of fused-ring (bicyclic) bond motifs is 7. The molecule has 5 saturated carbocycles. The van der Waals surface area contributed by atoms with Gasteiger partial charge in [-0.3, -0.25) is 4.79 Å². The summed E-state index contributed by atoms with van der Waals surface area (Å²) in [6, 6.07) is 0. The van der Waals surface area contributed by atoms with Crippen LogP contribution in [0.3, 0.4) is 0 Å². The maximum absolute atomic E-state index is 11.9. The molecule has 0 amide bonds. The molecule has 2 heteroatoms. The maximum Gasteiger partial charge on any atom is 0.302 e. The van der Waals surface area contributed by atoms with E-state index in [9.17, 15) is 4.79 Å². The number of rotatable bonds is 1. The third-order valence-corrected chi connectivity index (χ3v) is 14.3. The molecule has 5 aliphatic carbocycles. The molecule has 5 aliphatic rings. The van der Waals surface area contributed by atoms with E-state index in [1.54, 1.807) is 6.92 Å². The van der Waals surface area contributed by atoms with E-state index < -0.39 is 0 Å². The van der Waals surface area contributed by atoms with Gasteiger partial charge < -0.3 is 4.74 Å². The van der Waals surface area contributed by atoms with Crippen molar-refractivity contribution in [3.05, 3.63) is 0 Å². The van der Waals surface area contributed by atoms with Crippen molar-refractivity contribution in [3.63, 3.8) is 0 Å². The zero-order chi connectivity index (χ0) is 24.9. The Morgan fingerprint density at radius 3 is 2.12 bits per heavy atom. The number of hydrogen-bond acceptors (Lipinski definition) is 2. The topological polar surface area (TPSA) is 26.3 Å². The minimum Gasteiger partial charge on any atom is -0.462 e. The van der Waals surface area contributed by atoms with Crippen LogP contribution in [-0.2, 0) is 9.53 Å². The number of ether oxygens (including phenoxy) is 1. The van der Waals surface area contributed by atoms with E-state index in [1.165, 1.54) is 57.8 Å². The van der Waals surface area contributed by atoms with Gasteiger partial charge in [-0.25, -0.2) is 0 Å². The summed E-state index contributed by atoms with van der Waals surface area (Å²) in [6.45, 7) is 22.4. The SMILES string of the molecule is CC(=O)O[C@H]1CC[C@]2(C)[C@H]3CC[C@@H]4[C@H]5[C@H](C)[C@@H](C)CC[C@]5(C)CC[C@@]4(C)[C@]3(C)CC[C@H]2C1(C)C. The van der Waals surface area contributed by atoms with Gasteiger partial charge in [0.25, 0.3) is 0 Å². The van der Waals surface area contributed by atoms with E-state index in [-0.39, 0.29) is 17.5 Å². The molecule has 0 aromatic carbocycles. The predicted molar refractivity (Wildman–Crippen MR) is 140 cm³/mol. The smallest absolute Gasteiger partial charge is 0.302 e. The minimum absolute atomic E-state index is 0.0657. The first kappa shape index (κ1) is 25.1. The Morgan fingerprint density at radius 2 is 1.44 bits per heavy atom. The third kappa shape index (κ3) is 3.14. The van der Waals surface area contributed by atoms with Crippen molar-refractivity contribution in [2.45, 2.75) is 133 Å². The number of hydrogen-bond donors (Lipinski definition) is 0. The molecule has 0 bridgehead atoms. The largest absolute Gasteiger partial charge is 0.462 e. The number of carbonyl (C=O) groups is 1. The molecule has 0 radical (unpaired) electrons. The molecule has 0 aromatic rings. The summed E-state index contributed by atoms with van der Waals surface area (Å²) in [5.74, 6) is 4.92. The average Bonchev–Trinajstić information content (AvgIpc) is 2.74. The van der Waals surface area contributed by atoms with Crippen LogP contribution in [0.2, 0.25) is 0 Å². The second-order valence-electron chi connectivity index (χ2n) is 15.7. The highest BCUT2D eigenvalue weighted by Crippen LogP contribution is 2.77. The molecule has 0 heterocycles. The lowest BCUT2D eigenvalue weighted by atomic mass is 9.31. The van der Waals surface area contributed by atoms with Crippen LogP contribution in [0.1, 0.15) is 127 Å². The van der Waals surface area contributed by atoms with Crippen molar-refractivity contribution in [1.82, 2.24) is 0 Å². The zero-order valence-corrected chi connectivity index (χ0v) is 23.9. The Balaban J connectivity index is 1.49. The van der Waals surface area contributed by atoms with Gasteiger partial charge in [-0.2, -0.15) is 0 Å². The molecule has 0 unspecified atom stereocenters. The van der Waals surface area contributed by atoms with E-state index in [0.29, 0.717) is 27.6 Å². The lowest BCUT2D eigenvalue weighted by Gasteiger charge is -2.74. The second-order valence-corrected chi connectivity index (χ2v) is 15.7. The van der Waals surface area contributed by atoms with Crippen LogP contribution in [0, 0.1) is 62.6 Å². The Hall–Kier alpha value is -0.530. The number of esters is 1. The first-order valence-corrected chi connectivity index (χ1v) is 14.9. The van der Waals surface area contributed by atoms with Crippen LogP contribution >= 0.6 is 0 Å². The predicted octanol–water partition coefficient (Wildman–Crippen LogP) is 8.68. The standard InChI is InChI=1S/C32H54O2/c1-20-12-15-29(6)18-19-31(8)23(27(29)21(20)2)10-11-25-30(7)16-14-26(34-22(3)33)28(4,5)24(30)13-17-32(25,31)9/h20-21,23-27H,10-19H2,1-9H3/t20-,21+,23+,24-,25+,26-,27+,29+,30-,31+,32+/m0/s1. The van der Waals surface area contributed by atoms with Gasteiger partial charge in [0, 0.05) is 12.3 Å². The summed E-state index contributed by atoms with van der Waals surface area (Å²) < 4.78 is 5.92. The first-order chi connectivity index (χ1) is 15.7. The molecule has 2 nitrogen and oxygen atoms in total. The van der Waals surface area contributed by atoms with E-state index >= 15 is 0 Å². The molecular formula is C32H54O2. The van der Waals surface area contributed by atoms with Gasteiger partial charge in [0.2, 0.25) is 0 Å². The highest BCUT2D eigenvalue weighted by atomic mass is 16.5. The molecular weight excluding hydrogens is 416 g/mol. The lowest BCUT2D eigenvalue weighted by Crippen LogP contribution is -2.67. The van der Waals surface area contributed by atoms with Crippen molar-refractivity contribution < 1.29 is 9.53 Å². The normalized spacial score (nSPS) is 56.3. The monoisotopic (exact) mass is 470 g/mol. The van der Waals surface area contributed by atoms with Crippen LogP contribution in [0.5, 0.6) is 0 Å². The molecule has 5 fully saturated rings. The molecule has 11 atom stereocenters. The van der Waals surface area contributed by atoms with Crippen molar-refractivity contribution in [3.8, 4) is 0 Å². The van der Waals surface area contributed by atoms with Gasteiger partial charge in [0.1, 0.15) is 6.10 Å². The first-order valence-electron chi connectivity index (χ1n) is 14.9. The minimum atomic E-state index is -0.101. The third-order valence-electron chi connectivity index (χ3n) is 14.3. The second kappa shape index (κ2) is 7.74. The fourth-order valence-electron chi connectivity index (χ4n) is 12.1. The Morgan fingerprint density at radius 1 is 0.735 bits per heavy atom. The van der Waals surface area contributed by atoms with Gasteiger partial charge in [-0.1, -0.05) is 55.4 Å². The summed E-state index contributed by atoms with van der Waals surface area (Å²) >= 11 is 0. The molecule has 0 saturated heterocycles. The summed E-state index contributed by atoms with van der Waals surface area (Å²) in [7, 11) is 0. The van der Waals surface area contributed by atoms with E-state index in [2.05, 4.69) is 55.4 Å². The van der Waals surface area contributed by atoms with Crippen molar-refractivity contribution >= 4 is 5.97 Å². The van der Waals surface area contributed by atoms with Crippen LogP contribution in [0.15, 0.2) is 0 Å². The van der Waals surface area contributed by atoms with Gasteiger partial charge in [0.15, 0.2) is 0 Å². The summed E-state index contributed by atoms with van der Waals surface area (Å²) in [4.78, 5) is 11.9. The molecule has 0 aliphatic heterocycles. The zero-order valence-electron chi connectivity index (χ0n) is 23.9. The Bertz CT molecular complexity index is 831. The number of carbonyl (C=O) groups excluding carboxylic acids is 1. The highest BCUT2D eigenvalue weighted by Gasteiger charge is 2.70. The molecule has 0 spiro atoms. The highest BCUT2D eigenvalue weighted by molar-refractivity contribution is 5.66. The Kier molecular flexibility index (Phi) is 5.72. The summed E-state index contributed by atoms with van der Waals surface area (Å²) in [5, 5.41) is 0. The molecule has 0 N–H and O–H groups in total. The van der Waals surface area contributed by atoms with Gasteiger partial charge in [-0.15, -0.1) is 0 Å². The van der Waals surface area contributed by atoms with E-state index in [4.69, 9.17) is 4.74 Å². The van der Waals surface area contributed by atoms with E-state index in [0.717, 1.165) is 36.0 Å². The van der Waals surface area contributed by atoms with Crippen LogP contribution < -0.4 is 0 Å². The fourth-order valence-corrected chi connectivity index (χ4v) is 12.1. The van der Waals surface area contributed by atoms with Crippen molar-refractivity contribution in [2.24, 2.45) is 62.6 Å². The maximum atomic E-state index is 11.9. The molecule has 5 rings (SSSR count). The summed E-state index contributed by atoms with van der Waals surface area (Å²) in [5.41, 5.74) is 1.91. The van der Waals surface area contributed by atoms with Crippen LogP contribution in [-0.4, -0.2) is 12.1 Å². The van der Waals surface area contributed by atoms with Crippen LogP contribution in [0.4, 0.5) is 0 Å².